The molecule has 0 N–H and O–H groups in total. The van der Waals surface area contributed by atoms with Crippen molar-refractivity contribution in [2.24, 2.45) is 0 Å². The number of nitrogens with zero attached hydrogens (tertiary/aromatic N) is 3. The molecule has 1 aromatic heterocycles. The molecule has 0 radical (unpaired) electrons. The second-order valence-electron chi connectivity index (χ2n) is 5.21. The third-order valence-corrected chi connectivity index (χ3v) is 4.82. The van der Waals surface area contributed by atoms with E-state index < -0.39 is 0 Å². The maximum Gasteiger partial charge on any atom is 0.232 e. The topological polar surface area (TPSA) is 75.5 Å². The number of aromatic nitrogens is 1. The van der Waals surface area contributed by atoms with Crippen molar-refractivity contribution in [1.82, 2.24) is 9.88 Å². The zero-order valence-corrected chi connectivity index (χ0v) is 14.4. The molecule has 0 atom stereocenters. The molecule has 0 bridgehead atoms. The summed E-state index contributed by atoms with van der Waals surface area (Å²) in [5.74, 6) is 1.61. The fourth-order valence-electron chi connectivity index (χ4n) is 2.53. The van der Waals surface area contributed by atoms with E-state index in [2.05, 4.69) is 11.1 Å². The summed E-state index contributed by atoms with van der Waals surface area (Å²) >= 11 is 1.29. The van der Waals surface area contributed by atoms with Crippen LogP contribution in [0.5, 0.6) is 11.5 Å². The minimum absolute atomic E-state index is 0.0430. The molecule has 124 valence electrons. The van der Waals surface area contributed by atoms with E-state index in [1.54, 1.807) is 17.0 Å². The van der Waals surface area contributed by atoms with Gasteiger partial charge in [0.1, 0.15) is 11.1 Å². The van der Waals surface area contributed by atoms with Crippen molar-refractivity contribution < 1.29 is 14.3 Å². The SMILES string of the molecule is CCN(CC)C(=O)CSc1nc2cc3c(cc2cc1C#N)OCO3. The first-order valence-corrected chi connectivity index (χ1v) is 8.69. The predicted octanol–water partition coefficient (Wildman–Crippen LogP) is 2.80. The van der Waals surface area contributed by atoms with Crippen molar-refractivity contribution in [3.8, 4) is 17.6 Å². The molecule has 0 fully saturated rings. The smallest absolute Gasteiger partial charge is 0.232 e. The molecule has 1 aromatic carbocycles. The Labute approximate surface area is 144 Å². The highest BCUT2D eigenvalue weighted by molar-refractivity contribution is 8.00. The van der Waals surface area contributed by atoms with Crippen molar-refractivity contribution in [3.63, 3.8) is 0 Å². The molecule has 0 saturated heterocycles. The number of ether oxygens (including phenoxy) is 2. The molecule has 7 heteroatoms. The third-order valence-electron chi connectivity index (χ3n) is 3.84. The number of hydrogen-bond donors (Lipinski definition) is 0. The lowest BCUT2D eigenvalue weighted by Crippen LogP contribution is -2.31. The number of pyridine rings is 1. The molecule has 1 aliphatic rings. The Balaban J connectivity index is 1.88. The summed E-state index contributed by atoms with van der Waals surface area (Å²) in [6.45, 7) is 5.44. The van der Waals surface area contributed by atoms with E-state index in [1.165, 1.54) is 11.8 Å². The van der Waals surface area contributed by atoms with Crippen LogP contribution in [-0.4, -0.2) is 41.4 Å². The fourth-order valence-corrected chi connectivity index (χ4v) is 3.40. The fraction of sp³-hybridized carbons (Fsp3) is 0.353. The average Bonchev–Trinajstić information content (AvgIpc) is 3.05. The first kappa shape index (κ1) is 16.4. The minimum Gasteiger partial charge on any atom is -0.454 e. The van der Waals surface area contributed by atoms with Gasteiger partial charge in [-0.15, -0.1) is 0 Å². The Bertz CT molecular complexity index is 828. The summed E-state index contributed by atoms with van der Waals surface area (Å²) in [5, 5.41) is 10.8. The highest BCUT2D eigenvalue weighted by Gasteiger charge is 2.18. The summed E-state index contributed by atoms with van der Waals surface area (Å²) in [4.78, 5) is 18.5. The lowest BCUT2D eigenvalue weighted by atomic mass is 10.1. The Morgan fingerprint density at radius 1 is 1.29 bits per heavy atom. The predicted molar refractivity (Wildman–Crippen MR) is 91.2 cm³/mol. The Hall–Kier alpha value is -2.46. The number of nitriles is 1. The number of benzene rings is 1. The molecule has 2 heterocycles. The minimum atomic E-state index is 0.0430. The van der Waals surface area contributed by atoms with E-state index in [0.29, 0.717) is 35.2 Å². The van der Waals surface area contributed by atoms with Crippen LogP contribution < -0.4 is 9.47 Å². The van der Waals surface area contributed by atoms with Crippen LogP contribution in [0, 0.1) is 11.3 Å². The number of carbonyl (C=O) groups excluding carboxylic acids is 1. The van der Waals surface area contributed by atoms with E-state index in [4.69, 9.17) is 9.47 Å². The number of hydrogen-bond acceptors (Lipinski definition) is 6. The molecule has 2 aromatic rings. The molecule has 0 saturated carbocycles. The first-order valence-electron chi connectivity index (χ1n) is 7.71. The van der Waals surface area contributed by atoms with Gasteiger partial charge in [0.25, 0.3) is 0 Å². The van der Waals surface area contributed by atoms with Gasteiger partial charge in [0.2, 0.25) is 12.7 Å². The van der Waals surface area contributed by atoms with Gasteiger partial charge >= 0.3 is 0 Å². The quantitative estimate of drug-likeness (QED) is 0.777. The largest absolute Gasteiger partial charge is 0.454 e. The van der Waals surface area contributed by atoms with Gasteiger partial charge in [-0.3, -0.25) is 4.79 Å². The van der Waals surface area contributed by atoms with Crippen LogP contribution in [0.2, 0.25) is 0 Å². The zero-order valence-electron chi connectivity index (χ0n) is 13.5. The van der Waals surface area contributed by atoms with Crippen LogP contribution in [0.4, 0.5) is 0 Å². The molecule has 6 nitrogen and oxygen atoms in total. The normalized spacial score (nSPS) is 12.2. The Morgan fingerprint density at radius 3 is 2.67 bits per heavy atom. The summed E-state index contributed by atoms with van der Waals surface area (Å²) in [6.07, 6.45) is 0. The summed E-state index contributed by atoms with van der Waals surface area (Å²) < 4.78 is 10.7. The second kappa shape index (κ2) is 6.97. The number of rotatable bonds is 5. The van der Waals surface area contributed by atoms with Gasteiger partial charge in [-0.25, -0.2) is 4.98 Å². The van der Waals surface area contributed by atoms with Crippen LogP contribution in [-0.2, 0) is 4.79 Å². The average molecular weight is 343 g/mol. The van der Waals surface area contributed by atoms with E-state index in [0.717, 1.165) is 10.9 Å². The molecular weight excluding hydrogens is 326 g/mol. The van der Waals surface area contributed by atoms with Gasteiger partial charge in [0.15, 0.2) is 11.5 Å². The van der Waals surface area contributed by atoms with Gasteiger partial charge in [-0.1, -0.05) is 11.8 Å². The standard InChI is InChI=1S/C17H17N3O3S/c1-3-20(4-2)16(21)9-24-17-12(8-18)5-11-6-14-15(23-10-22-14)7-13(11)19-17/h5-7H,3-4,9-10H2,1-2H3. The molecule has 0 aliphatic carbocycles. The lowest BCUT2D eigenvalue weighted by molar-refractivity contribution is -0.127. The van der Waals surface area contributed by atoms with E-state index in [1.807, 2.05) is 19.9 Å². The van der Waals surface area contributed by atoms with E-state index in [9.17, 15) is 10.1 Å². The number of thioether (sulfide) groups is 1. The van der Waals surface area contributed by atoms with E-state index in [-0.39, 0.29) is 18.5 Å². The molecular formula is C17H17N3O3S. The number of fused-ring (bicyclic) bond motifs is 2. The van der Waals surface area contributed by atoms with Crippen molar-refractivity contribution in [2.45, 2.75) is 18.9 Å². The monoisotopic (exact) mass is 343 g/mol. The van der Waals surface area contributed by atoms with Gasteiger partial charge in [0, 0.05) is 24.5 Å². The molecule has 0 unspecified atom stereocenters. The second-order valence-corrected chi connectivity index (χ2v) is 6.17. The van der Waals surface area contributed by atoms with Crippen molar-refractivity contribution in [2.75, 3.05) is 25.6 Å². The van der Waals surface area contributed by atoms with Crippen molar-refractivity contribution in [3.05, 3.63) is 23.8 Å². The third kappa shape index (κ3) is 3.10. The maximum atomic E-state index is 12.2. The first-order chi connectivity index (χ1) is 11.7. The Morgan fingerprint density at radius 2 is 2.00 bits per heavy atom. The number of carbonyl (C=O) groups is 1. The van der Waals surface area contributed by atoms with Crippen LogP contribution in [0.3, 0.4) is 0 Å². The lowest BCUT2D eigenvalue weighted by Gasteiger charge is -2.18. The molecule has 1 aliphatic heterocycles. The van der Waals surface area contributed by atoms with Crippen LogP contribution in [0.25, 0.3) is 10.9 Å². The van der Waals surface area contributed by atoms with Gasteiger partial charge < -0.3 is 14.4 Å². The van der Waals surface area contributed by atoms with Crippen LogP contribution >= 0.6 is 11.8 Å². The molecule has 3 rings (SSSR count). The molecule has 1 amide bonds. The molecule has 24 heavy (non-hydrogen) atoms. The van der Waals surface area contributed by atoms with Crippen LogP contribution in [0.15, 0.2) is 23.2 Å². The van der Waals surface area contributed by atoms with Crippen molar-refractivity contribution in [1.29, 1.82) is 5.26 Å². The Kier molecular flexibility index (Phi) is 4.76. The summed E-state index contributed by atoms with van der Waals surface area (Å²) in [5.41, 5.74) is 1.18. The summed E-state index contributed by atoms with van der Waals surface area (Å²) in [6, 6.07) is 7.55. The number of amides is 1. The highest BCUT2D eigenvalue weighted by Crippen LogP contribution is 2.36. The molecule has 0 spiro atoms. The van der Waals surface area contributed by atoms with Crippen molar-refractivity contribution >= 4 is 28.6 Å². The highest BCUT2D eigenvalue weighted by atomic mass is 32.2. The zero-order chi connectivity index (χ0) is 17.1. The van der Waals surface area contributed by atoms with Gasteiger partial charge in [0.05, 0.1) is 16.8 Å². The van der Waals surface area contributed by atoms with Gasteiger partial charge in [-0.05, 0) is 26.0 Å². The van der Waals surface area contributed by atoms with E-state index >= 15 is 0 Å². The van der Waals surface area contributed by atoms with Crippen LogP contribution in [0.1, 0.15) is 19.4 Å². The maximum absolute atomic E-state index is 12.2. The van der Waals surface area contributed by atoms with Gasteiger partial charge in [-0.2, -0.15) is 5.26 Å². The summed E-state index contributed by atoms with van der Waals surface area (Å²) in [7, 11) is 0.